The Morgan fingerprint density at radius 1 is 1.14 bits per heavy atom. The van der Waals surface area contributed by atoms with E-state index in [1.807, 2.05) is 24.3 Å². The minimum atomic E-state index is -0.00693. The predicted molar refractivity (Wildman–Crippen MR) is 93.1 cm³/mol. The predicted octanol–water partition coefficient (Wildman–Crippen LogP) is 2.64. The van der Waals surface area contributed by atoms with E-state index in [4.69, 9.17) is 0 Å². The van der Waals surface area contributed by atoms with Gasteiger partial charge in [0.25, 0.3) is 5.91 Å². The highest BCUT2D eigenvalue weighted by atomic mass is 16.1. The Balaban J connectivity index is 2.55. The third kappa shape index (κ3) is 6.16. The molecule has 0 aromatic heterocycles. The first-order valence-corrected chi connectivity index (χ1v) is 8.32. The first-order chi connectivity index (χ1) is 10.5. The molecule has 4 nitrogen and oxygen atoms in total. The van der Waals surface area contributed by atoms with Crippen LogP contribution in [0.2, 0.25) is 0 Å². The van der Waals surface area contributed by atoms with Crippen LogP contribution in [0, 0.1) is 0 Å². The van der Waals surface area contributed by atoms with E-state index in [1.54, 1.807) is 0 Å². The van der Waals surface area contributed by atoms with Crippen molar-refractivity contribution in [3.8, 4) is 0 Å². The van der Waals surface area contributed by atoms with Gasteiger partial charge < -0.3 is 10.6 Å². The van der Waals surface area contributed by atoms with Crippen LogP contribution in [0.4, 0.5) is 0 Å². The SMILES string of the molecule is CCN[C@H](C)CNC(=O)c1ccc(CN(CC)C(C)C)cc1. The van der Waals surface area contributed by atoms with Gasteiger partial charge in [-0.1, -0.05) is 26.0 Å². The number of carbonyl (C=O) groups is 1. The van der Waals surface area contributed by atoms with E-state index in [0.29, 0.717) is 12.6 Å². The lowest BCUT2D eigenvalue weighted by atomic mass is 10.1. The lowest BCUT2D eigenvalue weighted by molar-refractivity contribution is 0.0950. The van der Waals surface area contributed by atoms with Gasteiger partial charge in [0.1, 0.15) is 0 Å². The van der Waals surface area contributed by atoms with E-state index in [9.17, 15) is 4.79 Å². The van der Waals surface area contributed by atoms with Gasteiger partial charge in [0.15, 0.2) is 0 Å². The minimum Gasteiger partial charge on any atom is -0.350 e. The molecule has 0 fully saturated rings. The Morgan fingerprint density at radius 2 is 1.77 bits per heavy atom. The highest BCUT2D eigenvalue weighted by Gasteiger charge is 2.10. The molecule has 124 valence electrons. The average molecular weight is 305 g/mol. The molecule has 1 aromatic carbocycles. The van der Waals surface area contributed by atoms with Crippen molar-refractivity contribution in [2.24, 2.45) is 0 Å². The molecule has 2 N–H and O–H groups in total. The first-order valence-electron chi connectivity index (χ1n) is 8.32. The highest BCUT2D eigenvalue weighted by Crippen LogP contribution is 2.10. The number of hydrogen-bond donors (Lipinski definition) is 2. The Hall–Kier alpha value is -1.39. The van der Waals surface area contributed by atoms with Crippen molar-refractivity contribution in [2.45, 2.75) is 53.2 Å². The smallest absolute Gasteiger partial charge is 0.251 e. The molecule has 0 saturated carbocycles. The summed E-state index contributed by atoms with van der Waals surface area (Å²) >= 11 is 0. The molecule has 0 heterocycles. The van der Waals surface area contributed by atoms with Crippen LogP contribution in [-0.2, 0) is 6.54 Å². The van der Waals surface area contributed by atoms with Gasteiger partial charge in [0.2, 0.25) is 0 Å². The number of benzene rings is 1. The standard InChI is InChI=1S/C18H31N3O/c1-6-19-15(5)12-20-18(22)17-10-8-16(9-11-17)13-21(7-2)14(3)4/h8-11,14-15,19H,6-7,12-13H2,1-5H3,(H,20,22)/t15-/m1/s1. The van der Waals surface area contributed by atoms with Gasteiger partial charge in [-0.15, -0.1) is 0 Å². The fraction of sp³-hybridized carbons (Fsp3) is 0.611. The number of amides is 1. The van der Waals surface area contributed by atoms with Crippen molar-refractivity contribution in [3.05, 3.63) is 35.4 Å². The zero-order valence-electron chi connectivity index (χ0n) is 14.6. The average Bonchev–Trinajstić information content (AvgIpc) is 2.50. The van der Waals surface area contributed by atoms with Crippen LogP contribution in [0.3, 0.4) is 0 Å². The third-order valence-electron chi connectivity index (χ3n) is 3.86. The summed E-state index contributed by atoms with van der Waals surface area (Å²) in [6, 6.07) is 8.74. The molecule has 1 aromatic rings. The Kier molecular flexibility index (Phi) is 8.13. The summed E-state index contributed by atoms with van der Waals surface area (Å²) in [4.78, 5) is 14.5. The Morgan fingerprint density at radius 3 is 2.27 bits per heavy atom. The summed E-state index contributed by atoms with van der Waals surface area (Å²) in [5, 5.41) is 6.24. The first kappa shape index (κ1) is 18.7. The van der Waals surface area contributed by atoms with Crippen molar-refractivity contribution < 1.29 is 4.79 Å². The molecule has 0 aliphatic carbocycles. The summed E-state index contributed by atoms with van der Waals surface area (Å²) in [7, 11) is 0. The fourth-order valence-corrected chi connectivity index (χ4v) is 2.42. The summed E-state index contributed by atoms with van der Waals surface area (Å²) in [6.07, 6.45) is 0. The molecule has 1 rings (SSSR count). The van der Waals surface area contributed by atoms with Crippen LogP contribution in [0.1, 0.15) is 50.5 Å². The normalized spacial score (nSPS) is 12.7. The molecule has 22 heavy (non-hydrogen) atoms. The number of carbonyl (C=O) groups excluding carboxylic acids is 1. The lowest BCUT2D eigenvalue weighted by Gasteiger charge is -2.24. The van der Waals surface area contributed by atoms with Gasteiger partial charge in [0, 0.05) is 30.7 Å². The van der Waals surface area contributed by atoms with E-state index in [0.717, 1.165) is 25.2 Å². The molecule has 0 unspecified atom stereocenters. The molecule has 4 heteroatoms. The van der Waals surface area contributed by atoms with E-state index in [-0.39, 0.29) is 11.9 Å². The molecule has 1 atom stereocenters. The molecule has 0 aliphatic rings. The molecule has 0 bridgehead atoms. The minimum absolute atomic E-state index is 0.00693. The van der Waals surface area contributed by atoms with Gasteiger partial charge >= 0.3 is 0 Å². The van der Waals surface area contributed by atoms with Crippen molar-refractivity contribution in [1.29, 1.82) is 0 Å². The Bertz CT molecular complexity index is 442. The number of nitrogens with one attached hydrogen (secondary N) is 2. The van der Waals surface area contributed by atoms with Gasteiger partial charge in [-0.05, 0) is 51.6 Å². The van der Waals surface area contributed by atoms with Crippen LogP contribution in [0.15, 0.2) is 24.3 Å². The van der Waals surface area contributed by atoms with E-state index in [2.05, 4.69) is 50.2 Å². The maximum atomic E-state index is 12.1. The van der Waals surface area contributed by atoms with Crippen LogP contribution in [0.25, 0.3) is 0 Å². The molecule has 1 amide bonds. The van der Waals surface area contributed by atoms with Crippen LogP contribution < -0.4 is 10.6 Å². The van der Waals surface area contributed by atoms with Crippen molar-refractivity contribution in [2.75, 3.05) is 19.6 Å². The molecule has 0 spiro atoms. The van der Waals surface area contributed by atoms with Gasteiger partial charge in [-0.2, -0.15) is 0 Å². The van der Waals surface area contributed by atoms with Gasteiger partial charge in [-0.3, -0.25) is 9.69 Å². The summed E-state index contributed by atoms with van der Waals surface area (Å²) in [5.41, 5.74) is 1.97. The molecular formula is C18H31N3O. The van der Waals surface area contributed by atoms with E-state index in [1.165, 1.54) is 5.56 Å². The second-order valence-electron chi connectivity index (χ2n) is 6.02. The lowest BCUT2D eigenvalue weighted by Crippen LogP contribution is -2.38. The zero-order valence-corrected chi connectivity index (χ0v) is 14.6. The molecule has 0 radical (unpaired) electrons. The zero-order chi connectivity index (χ0) is 16.5. The van der Waals surface area contributed by atoms with Crippen LogP contribution >= 0.6 is 0 Å². The van der Waals surface area contributed by atoms with Crippen LogP contribution in [0.5, 0.6) is 0 Å². The van der Waals surface area contributed by atoms with E-state index < -0.39 is 0 Å². The molecule has 0 aliphatic heterocycles. The van der Waals surface area contributed by atoms with Crippen molar-refractivity contribution in [3.63, 3.8) is 0 Å². The Labute approximate surface area is 135 Å². The quantitative estimate of drug-likeness (QED) is 0.737. The summed E-state index contributed by atoms with van der Waals surface area (Å²) < 4.78 is 0. The number of nitrogens with zero attached hydrogens (tertiary/aromatic N) is 1. The van der Waals surface area contributed by atoms with Crippen molar-refractivity contribution in [1.82, 2.24) is 15.5 Å². The van der Waals surface area contributed by atoms with E-state index >= 15 is 0 Å². The number of rotatable bonds is 9. The van der Waals surface area contributed by atoms with Gasteiger partial charge in [-0.25, -0.2) is 0 Å². The number of hydrogen-bond acceptors (Lipinski definition) is 3. The fourth-order valence-electron chi connectivity index (χ4n) is 2.42. The second kappa shape index (κ2) is 9.59. The second-order valence-corrected chi connectivity index (χ2v) is 6.02. The highest BCUT2D eigenvalue weighted by molar-refractivity contribution is 5.94. The number of likely N-dealkylation sites (N-methyl/N-ethyl adjacent to an activating group) is 1. The van der Waals surface area contributed by atoms with Crippen molar-refractivity contribution >= 4 is 5.91 Å². The largest absolute Gasteiger partial charge is 0.350 e. The molecular weight excluding hydrogens is 274 g/mol. The topological polar surface area (TPSA) is 44.4 Å². The summed E-state index contributed by atoms with van der Waals surface area (Å²) in [6.45, 7) is 14.2. The molecule has 0 saturated heterocycles. The monoisotopic (exact) mass is 305 g/mol. The third-order valence-corrected chi connectivity index (χ3v) is 3.86. The summed E-state index contributed by atoms with van der Waals surface area (Å²) in [5.74, 6) is -0.00693. The van der Waals surface area contributed by atoms with Crippen LogP contribution in [-0.4, -0.2) is 42.5 Å². The maximum Gasteiger partial charge on any atom is 0.251 e. The van der Waals surface area contributed by atoms with Gasteiger partial charge in [0.05, 0.1) is 0 Å². The maximum absolute atomic E-state index is 12.1.